The molecule has 0 aliphatic heterocycles. The lowest BCUT2D eigenvalue weighted by Crippen LogP contribution is -2.34. The molecule has 0 radical (unpaired) electrons. The standard InChI is InChI=1S/C24H24N5O4P/c1-3-33-34(2,32)19-12-7-11-18(15-19)21(17-9-5-4-6-10-17)27-22(30)20-16-25-24(28-23(20)31)29-14-8-13-26-29/h4-16,21H,3H2,1-2H3,(H,27,30)(H,25,28,31)/t21-,34?/m0/s1. The molecular formula is C24H24N5O4P. The van der Waals surface area contributed by atoms with Gasteiger partial charge in [-0.15, -0.1) is 0 Å². The van der Waals surface area contributed by atoms with E-state index in [9.17, 15) is 14.2 Å². The van der Waals surface area contributed by atoms with E-state index in [2.05, 4.69) is 20.4 Å². The van der Waals surface area contributed by atoms with E-state index in [0.717, 1.165) is 5.56 Å². The molecule has 1 amide bonds. The van der Waals surface area contributed by atoms with E-state index < -0.39 is 24.9 Å². The second kappa shape index (κ2) is 9.99. The highest BCUT2D eigenvalue weighted by atomic mass is 31.2. The Bertz CT molecular complexity index is 1390. The number of H-pyrrole nitrogens is 1. The molecule has 0 aliphatic carbocycles. The van der Waals surface area contributed by atoms with Gasteiger partial charge in [-0.2, -0.15) is 5.10 Å². The summed E-state index contributed by atoms with van der Waals surface area (Å²) >= 11 is 0. The molecule has 9 nitrogen and oxygen atoms in total. The number of aromatic nitrogens is 4. The first kappa shape index (κ1) is 23.4. The van der Waals surface area contributed by atoms with Gasteiger partial charge >= 0.3 is 0 Å². The molecule has 10 heteroatoms. The zero-order valence-corrected chi connectivity index (χ0v) is 19.6. The van der Waals surface area contributed by atoms with Crippen molar-refractivity contribution in [2.45, 2.75) is 13.0 Å². The Morgan fingerprint density at radius 2 is 1.91 bits per heavy atom. The predicted octanol–water partition coefficient (Wildman–Crippen LogP) is 3.04. The van der Waals surface area contributed by atoms with Crippen molar-refractivity contribution >= 4 is 18.6 Å². The van der Waals surface area contributed by atoms with Gasteiger partial charge in [0.25, 0.3) is 11.5 Å². The van der Waals surface area contributed by atoms with Crippen LogP contribution in [0.1, 0.15) is 34.5 Å². The molecule has 34 heavy (non-hydrogen) atoms. The van der Waals surface area contributed by atoms with Crippen LogP contribution in [-0.2, 0) is 9.09 Å². The molecule has 174 valence electrons. The number of nitrogens with zero attached hydrogens (tertiary/aromatic N) is 3. The number of carbonyl (C=O) groups excluding carboxylic acids is 1. The molecule has 0 saturated heterocycles. The molecule has 4 aromatic rings. The summed E-state index contributed by atoms with van der Waals surface area (Å²) < 4.78 is 19.8. The molecule has 2 atom stereocenters. The van der Waals surface area contributed by atoms with Crippen LogP contribution in [0.4, 0.5) is 0 Å². The maximum absolute atomic E-state index is 13.1. The number of hydrogen-bond donors (Lipinski definition) is 2. The van der Waals surface area contributed by atoms with Crippen LogP contribution in [0.5, 0.6) is 0 Å². The Morgan fingerprint density at radius 3 is 2.59 bits per heavy atom. The summed E-state index contributed by atoms with van der Waals surface area (Å²) in [6, 6.07) is 17.5. The second-order valence-electron chi connectivity index (χ2n) is 7.58. The summed E-state index contributed by atoms with van der Waals surface area (Å²) in [7, 11) is -3.02. The highest BCUT2D eigenvalue weighted by Gasteiger charge is 2.24. The van der Waals surface area contributed by atoms with E-state index in [1.165, 1.54) is 10.9 Å². The molecule has 2 aromatic carbocycles. The van der Waals surface area contributed by atoms with Gasteiger partial charge < -0.3 is 9.84 Å². The molecule has 2 N–H and O–H groups in total. The number of aromatic amines is 1. The van der Waals surface area contributed by atoms with Gasteiger partial charge in [0, 0.05) is 30.6 Å². The van der Waals surface area contributed by atoms with E-state index in [0.29, 0.717) is 17.5 Å². The van der Waals surface area contributed by atoms with Crippen molar-refractivity contribution < 1.29 is 13.9 Å². The summed E-state index contributed by atoms with van der Waals surface area (Å²) in [5.41, 5.74) is 0.778. The lowest BCUT2D eigenvalue weighted by molar-refractivity contribution is 0.0941. The fourth-order valence-corrected chi connectivity index (χ4v) is 4.93. The Morgan fingerprint density at radius 1 is 1.15 bits per heavy atom. The van der Waals surface area contributed by atoms with Crippen molar-refractivity contribution in [3.63, 3.8) is 0 Å². The minimum Gasteiger partial charge on any atom is -0.341 e. The maximum atomic E-state index is 13.1. The van der Waals surface area contributed by atoms with Crippen LogP contribution >= 0.6 is 7.37 Å². The highest BCUT2D eigenvalue weighted by Crippen LogP contribution is 2.41. The van der Waals surface area contributed by atoms with Crippen molar-refractivity contribution in [2.75, 3.05) is 13.3 Å². The van der Waals surface area contributed by atoms with Gasteiger partial charge in [0.05, 0.1) is 12.6 Å². The quantitative estimate of drug-likeness (QED) is 0.377. The van der Waals surface area contributed by atoms with Gasteiger partial charge in [0.1, 0.15) is 5.56 Å². The average Bonchev–Trinajstić information content (AvgIpc) is 3.38. The minimum absolute atomic E-state index is 0.136. The fraction of sp³-hybridized carbons (Fsp3) is 0.167. The van der Waals surface area contributed by atoms with E-state index in [1.807, 2.05) is 36.4 Å². The molecule has 1 unspecified atom stereocenters. The molecule has 0 saturated carbocycles. The van der Waals surface area contributed by atoms with Crippen LogP contribution in [0, 0.1) is 0 Å². The van der Waals surface area contributed by atoms with Crippen LogP contribution in [0.2, 0.25) is 0 Å². The Hall–Kier alpha value is -3.81. The number of rotatable bonds is 8. The molecule has 0 fully saturated rings. The SMILES string of the molecule is CCOP(C)(=O)c1cccc([C@@H](NC(=O)c2cnc(-n3cccn3)[nH]c2=O)c2ccccc2)c1. The van der Waals surface area contributed by atoms with Crippen LogP contribution < -0.4 is 16.2 Å². The third-order valence-corrected chi connectivity index (χ3v) is 7.18. The van der Waals surface area contributed by atoms with Crippen molar-refractivity contribution in [1.29, 1.82) is 0 Å². The molecular weight excluding hydrogens is 453 g/mol. The number of amides is 1. The lowest BCUT2D eigenvalue weighted by atomic mass is 9.98. The summed E-state index contributed by atoms with van der Waals surface area (Å²) in [6.45, 7) is 3.68. The van der Waals surface area contributed by atoms with Crippen LogP contribution in [-0.4, -0.2) is 38.9 Å². The van der Waals surface area contributed by atoms with E-state index in [1.54, 1.807) is 50.2 Å². The van der Waals surface area contributed by atoms with Gasteiger partial charge in [0.2, 0.25) is 13.3 Å². The van der Waals surface area contributed by atoms with Crippen LogP contribution in [0.15, 0.2) is 84.0 Å². The third-order valence-electron chi connectivity index (χ3n) is 5.21. The van der Waals surface area contributed by atoms with E-state index in [4.69, 9.17) is 4.52 Å². The number of benzene rings is 2. The number of hydrogen-bond acceptors (Lipinski definition) is 6. The molecule has 0 spiro atoms. The topological polar surface area (TPSA) is 119 Å². The summed E-state index contributed by atoms with van der Waals surface area (Å²) in [4.78, 5) is 32.5. The molecule has 0 bridgehead atoms. The average molecular weight is 477 g/mol. The third kappa shape index (κ3) is 5.06. The Kier molecular flexibility index (Phi) is 6.86. The Labute approximate surface area is 196 Å². The first-order valence-corrected chi connectivity index (χ1v) is 12.7. The molecule has 2 heterocycles. The van der Waals surface area contributed by atoms with Gasteiger partial charge in [-0.25, -0.2) is 9.67 Å². The van der Waals surface area contributed by atoms with E-state index >= 15 is 0 Å². The predicted molar refractivity (Wildman–Crippen MR) is 129 cm³/mol. The smallest absolute Gasteiger partial charge is 0.265 e. The summed E-state index contributed by atoms with van der Waals surface area (Å²) in [5, 5.41) is 7.49. The van der Waals surface area contributed by atoms with Gasteiger partial charge in [0.15, 0.2) is 0 Å². The molecule has 0 aliphatic rings. The van der Waals surface area contributed by atoms with Crippen molar-refractivity contribution in [1.82, 2.24) is 25.1 Å². The second-order valence-corrected chi connectivity index (χ2v) is 10.0. The van der Waals surface area contributed by atoms with E-state index in [-0.39, 0.29) is 11.5 Å². The van der Waals surface area contributed by atoms with Crippen molar-refractivity contribution in [2.24, 2.45) is 0 Å². The van der Waals surface area contributed by atoms with Gasteiger partial charge in [-0.05, 0) is 36.2 Å². The van der Waals surface area contributed by atoms with Gasteiger partial charge in [-0.1, -0.05) is 42.5 Å². The first-order valence-electron chi connectivity index (χ1n) is 10.7. The van der Waals surface area contributed by atoms with Crippen LogP contribution in [0.25, 0.3) is 5.95 Å². The largest absolute Gasteiger partial charge is 0.341 e. The highest BCUT2D eigenvalue weighted by molar-refractivity contribution is 7.66. The van der Waals surface area contributed by atoms with Crippen molar-refractivity contribution in [3.05, 3.63) is 106 Å². The molecule has 4 rings (SSSR count). The van der Waals surface area contributed by atoms with Gasteiger partial charge in [-0.3, -0.25) is 19.1 Å². The maximum Gasteiger partial charge on any atom is 0.265 e. The number of carbonyl (C=O) groups is 1. The lowest BCUT2D eigenvalue weighted by Gasteiger charge is -2.21. The number of nitrogens with one attached hydrogen (secondary N) is 2. The minimum atomic E-state index is -3.02. The zero-order valence-electron chi connectivity index (χ0n) is 18.7. The Balaban J connectivity index is 1.68. The monoisotopic (exact) mass is 477 g/mol. The summed E-state index contributed by atoms with van der Waals surface area (Å²) in [5.74, 6) is -0.391. The molecule has 2 aromatic heterocycles. The normalized spacial score (nSPS) is 13.7. The zero-order chi connectivity index (χ0) is 24.1. The van der Waals surface area contributed by atoms with Crippen LogP contribution in [0.3, 0.4) is 0 Å². The first-order chi connectivity index (χ1) is 16.4. The summed E-state index contributed by atoms with van der Waals surface area (Å²) in [6.07, 6.45) is 4.41. The fourth-order valence-electron chi connectivity index (χ4n) is 3.55. The van der Waals surface area contributed by atoms with Crippen molar-refractivity contribution in [3.8, 4) is 5.95 Å².